The number of benzene rings is 2. The Kier molecular flexibility index (Phi) is 6.95. The first-order valence-electron chi connectivity index (χ1n) is 10.9. The van der Waals surface area contributed by atoms with Crippen LogP contribution in [0.5, 0.6) is 17.2 Å². The van der Waals surface area contributed by atoms with Crippen molar-refractivity contribution in [2.45, 2.75) is 46.3 Å². The minimum atomic E-state index is -0.0400. The summed E-state index contributed by atoms with van der Waals surface area (Å²) in [6.07, 6.45) is 0.863. The number of hydrogen-bond acceptors (Lipinski definition) is 6. The van der Waals surface area contributed by atoms with Crippen molar-refractivity contribution < 1.29 is 19.0 Å². The number of carbonyl (C=O) groups excluding carboxylic acids is 1. The molecule has 168 valence electrons. The number of carbonyl (C=O) groups is 1. The van der Waals surface area contributed by atoms with Gasteiger partial charge in [0, 0.05) is 17.5 Å². The van der Waals surface area contributed by atoms with Crippen LogP contribution in [0.4, 0.5) is 0 Å². The second kappa shape index (κ2) is 10.0. The van der Waals surface area contributed by atoms with Crippen LogP contribution in [0.15, 0.2) is 47.8 Å². The molecular weight excluding hydrogens is 424 g/mol. The average Bonchev–Trinajstić information content (AvgIpc) is 3.45. The van der Waals surface area contributed by atoms with E-state index in [1.807, 2.05) is 28.5 Å². The molecule has 0 aliphatic carbocycles. The first-order valence-corrected chi connectivity index (χ1v) is 11.8. The lowest BCUT2D eigenvalue weighted by molar-refractivity contribution is 0.0741. The molecule has 0 N–H and O–H groups in total. The number of para-hydroxylation sites is 1. The van der Waals surface area contributed by atoms with E-state index in [0.29, 0.717) is 42.7 Å². The number of hydrogen-bond donors (Lipinski definition) is 0. The number of fused-ring (bicyclic) bond motifs is 1. The van der Waals surface area contributed by atoms with E-state index >= 15 is 0 Å². The SMILES string of the molecule is CCCN(Cc1csc(COc2ccccc2C(C)C)n1)C(=O)c1ccc2c(c1)OCO2. The third-order valence-electron chi connectivity index (χ3n) is 5.24. The van der Waals surface area contributed by atoms with E-state index in [-0.39, 0.29) is 12.7 Å². The van der Waals surface area contributed by atoms with Crippen LogP contribution in [-0.2, 0) is 13.2 Å². The van der Waals surface area contributed by atoms with Gasteiger partial charge in [0.05, 0.1) is 12.2 Å². The second-order valence-corrected chi connectivity index (χ2v) is 8.95. The minimum absolute atomic E-state index is 0.0400. The largest absolute Gasteiger partial charge is 0.486 e. The molecule has 7 heteroatoms. The van der Waals surface area contributed by atoms with Crippen LogP contribution >= 0.6 is 11.3 Å². The van der Waals surface area contributed by atoms with Gasteiger partial charge in [-0.05, 0) is 42.2 Å². The predicted octanol–water partition coefficient (Wildman–Crippen LogP) is 5.63. The lowest BCUT2D eigenvalue weighted by Gasteiger charge is -2.21. The monoisotopic (exact) mass is 452 g/mol. The molecular formula is C25H28N2O4S. The molecule has 0 unspecified atom stereocenters. The van der Waals surface area contributed by atoms with Crippen LogP contribution in [0.3, 0.4) is 0 Å². The van der Waals surface area contributed by atoms with Crippen molar-refractivity contribution in [3.05, 3.63) is 69.7 Å². The quantitative estimate of drug-likeness (QED) is 0.421. The topological polar surface area (TPSA) is 60.9 Å². The highest BCUT2D eigenvalue weighted by atomic mass is 32.1. The maximum atomic E-state index is 13.1. The third-order valence-corrected chi connectivity index (χ3v) is 6.12. The van der Waals surface area contributed by atoms with Crippen molar-refractivity contribution in [3.63, 3.8) is 0 Å². The maximum absolute atomic E-state index is 13.1. The van der Waals surface area contributed by atoms with Crippen LogP contribution in [0.1, 0.15) is 59.7 Å². The van der Waals surface area contributed by atoms with Crippen molar-refractivity contribution in [2.24, 2.45) is 0 Å². The van der Waals surface area contributed by atoms with Crippen LogP contribution < -0.4 is 14.2 Å². The van der Waals surface area contributed by atoms with E-state index < -0.39 is 0 Å². The highest BCUT2D eigenvalue weighted by Gasteiger charge is 2.21. The summed E-state index contributed by atoms with van der Waals surface area (Å²) in [5.41, 5.74) is 2.65. The second-order valence-electron chi connectivity index (χ2n) is 8.01. The van der Waals surface area contributed by atoms with E-state index in [2.05, 4.69) is 26.8 Å². The molecule has 0 saturated heterocycles. The van der Waals surface area contributed by atoms with Crippen molar-refractivity contribution in [1.29, 1.82) is 0 Å². The normalized spacial score (nSPS) is 12.2. The lowest BCUT2D eigenvalue weighted by Crippen LogP contribution is -2.31. The van der Waals surface area contributed by atoms with Gasteiger partial charge in [0.2, 0.25) is 6.79 Å². The summed E-state index contributed by atoms with van der Waals surface area (Å²) in [6, 6.07) is 13.4. The Morgan fingerprint density at radius 2 is 2.00 bits per heavy atom. The molecule has 3 aromatic rings. The standard InChI is InChI=1S/C25H28N2O4S/c1-4-11-27(25(28)18-9-10-22-23(12-18)31-16-30-22)13-19-15-32-24(26-19)14-29-21-8-6-5-7-20(21)17(2)3/h5-10,12,15,17H,4,11,13-14,16H2,1-3H3. The molecule has 2 aromatic carbocycles. The number of thiazole rings is 1. The lowest BCUT2D eigenvalue weighted by atomic mass is 10.0. The highest BCUT2D eigenvalue weighted by Crippen LogP contribution is 2.33. The molecule has 1 aromatic heterocycles. The van der Waals surface area contributed by atoms with E-state index in [9.17, 15) is 4.79 Å². The maximum Gasteiger partial charge on any atom is 0.254 e. The number of rotatable bonds is 9. The van der Waals surface area contributed by atoms with Gasteiger partial charge in [0.15, 0.2) is 11.5 Å². The summed E-state index contributed by atoms with van der Waals surface area (Å²) >= 11 is 1.56. The zero-order valence-corrected chi connectivity index (χ0v) is 19.5. The summed E-state index contributed by atoms with van der Waals surface area (Å²) in [7, 11) is 0. The van der Waals surface area contributed by atoms with Gasteiger partial charge in [0.1, 0.15) is 17.4 Å². The van der Waals surface area contributed by atoms with Crippen LogP contribution in [0, 0.1) is 0 Å². The first kappa shape index (κ1) is 22.1. The fourth-order valence-corrected chi connectivity index (χ4v) is 4.34. The van der Waals surface area contributed by atoms with E-state index in [0.717, 1.165) is 22.9 Å². The van der Waals surface area contributed by atoms with Crippen molar-refractivity contribution in [2.75, 3.05) is 13.3 Å². The molecule has 1 aliphatic heterocycles. The number of ether oxygens (including phenoxy) is 3. The van der Waals surface area contributed by atoms with Crippen LogP contribution in [0.25, 0.3) is 0 Å². The van der Waals surface area contributed by atoms with E-state index in [1.165, 1.54) is 5.56 Å². The molecule has 0 bridgehead atoms. The Balaban J connectivity index is 1.42. The van der Waals surface area contributed by atoms with Gasteiger partial charge in [-0.3, -0.25) is 4.79 Å². The minimum Gasteiger partial charge on any atom is -0.486 e. The molecule has 6 nitrogen and oxygen atoms in total. The molecule has 1 amide bonds. The molecule has 0 fully saturated rings. The summed E-state index contributed by atoms with van der Waals surface area (Å²) in [5, 5.41) is 2.90. The van der Waals surface area contributed by atoms with Gasteiger partial charge in [-0.1, -0.05) is 39.0 Å². The number of aromatic nitrogens is 1. The van der Waals surface area contributed by atoms with Crippen molar-refractivity contribution in [3.8, 4) is 17.2 Å². The molecule has 1 aliphatic rings. The van der Waals surface area contributed by atoms with Gasteiger partial charge in [-0.25, -0.2) is 4.98 Å². The summed E-state index contributed by atoms with van der Waals surface area (Å²) in [4.78, 5) is 19.7. The number of nitrogens with zero attached hydrogens (tertiary/aromatic N) is 2. The molecule has 0 atom stereocenters. The molecule has 2 heterocycles. The fourth-order valence-electron chi connectivity index (χ4n) is 3.65. The zero-order chi connectivity index (χ0) is 22.5. The smallest absolute Gasteiger partial charge is 0.254 e. The zero-order valence-electron chi connectivity index (χ0n) is 18.7. The predicted molar refractivity (Wildman–Crippen MR) is 125 cm³/mol. The van der Waals surface area contributed by atoms with Gasteiger partial charge in [0.25, 0.3) is 5.91 Å². The highest BCUT2D eigenvalue weighted by molar-refractivity contribution is 7.09. The summed E-state index contributed by atoms with van der Waals surface area (Å²) in [5.74, 6) is 2.53. The van der Waals surface area contributed by atoms with Gasteiger partial charge in [-0.15, -0.1) is 11.3 Å². The third kappa shape index (κ3) is 5.05. The van der Waals surface area contributed by atoms with E-state index in [1.54, 1.807) is 29.5 Å². The Morgan fingerprint density at radius 3 is 2.81 bits per heavy atom. The molecule has 0 radical (unpaired) electrons. The van der Waals surface area contributed by atoms with Crippen molar-refractivity contribution >= 4 is 17.2 Å². The Bertz CT molecular complexity index is 1080. The molecule has 0 saturated carbocycles. The van der Waals surface area contributed by atoms with Gasteiger partial charge >= 0.3 is 0 Å². The van der Waals surface area contributed by atoms with Crippen LogP contribution in [-0.4, -0.2) is 29.1 Å². The Morgan fingerprint density at radius 1 is 1.19 bits per heavy atom. The van der Waals surface area contributed by atoms with E-state index in [4.69, 9.17) is 19.2 Å². The Labute approximate surface area is 192 Å². The molecule has 0 spiro atoms. The summed E-state index contributed by atoms with van der Waals surface area (Å²) < 4.78 is 16.8. The number of amides is 1. The molecule has 4 rings (SSSR count). The van der Waals surface area contributed by atoms with Crippen LogP contribution in [0.2, 0.25) is 0 Å². The summed E-state index contributed by atoms with van der Waals surface area (Å²) in [6.45, 7) is 8.09. The average molecular weight is 453 g/mol. The van der Waals surface area contributed by atoms with Crippen molar-refractivity contribution in [1.82, 2.24) is 9.88 Å². The Hall–Kier alpha value is -3.06. The first-order chi connectivity index (χ1) is 15.5. The van der Waals surface area contributed by atoms with Gasteiger partial charge in [-0.2, -0.15) is 0 Å². The fraction of sp³-hybridized carbons (Fsp3) is 0.360. The van der Waals surface area contributed by atoms with Gasteiger partial charge < -0.3 is 19.1 Å². The molecule has 32 heavy (non-hydrogen) atoms.